The molecule has 0 saturated carbocycles. The topological polar surface area (TPSA) is 78.0 Å². The van der Waals surface area contributed by atoms with E-state index in [-0.39, 0.29) is 12.1 Å². The third kappa shape index (κ3) is 2.37. The number of nitrogens with zero attached hydrogens (tertiary/aromatic N) is 3. The van der Waals surface area contributed by atoms with Gasteiger partial charge in [-0.15, -0.1) is 0 Å². The molecule has 4 atom stereocenters. The Labute approximate surface area is 164 Å². The van der Waals surface area contributed by atoms with Crippen molar-refractivity contribution in [3.63, 3.8) is 0 Å². The third-order valence-corrected chi connectivity index (χ3v) is 6.34. The van der Waals surface area contributed by atoms with Crippen LogP contribution < -0.4 is 0 Å². The number of halogens is 3. The van der Waals surface area contributed by atoms with Crippen LogP contribution in [0.25, 0.3) is 0 Å². The van der Waals surface area contributed by atoms with Gasteiger partial charge in [0.25, 0.3) is 5.91 Å². The highest BCUT2D eigenvalue weighted by atomic mass is 19.4. The van der Waals surface area contributed by atoms with Crippen LogP contribution in [0, 0.1) is 11.8 Å². The maximum atomic E-state index is 13.2. The Kier molecular flexibility index (Phi) is 3.88. The molecule has 3 heterocycles. The van der Waals surface area contributed by atoms with Gasteiger partial charge in [-0.1, -0.05) is 0 Å². The van der Waals surface area contributed by atoms with Gasteiger partial charge in [0.15, 0.2) is 0 Å². The van der Waals surface area contributed by atoms with E-state index in [0.29, 0.717) is 0 Å². The number of likely N-dealkylation sites (tertiary alicyclic amines) is 2. The number of likely N-dealkylation sites (N-methyl/N-ethyl adjacent to an activating group) is 1. The van der Waals surface area contributed by atoms with E-state index in [2.05, 4.69) is 0 Å². The lowest BCUT2D eigenvalue weighted by Crippen LogP contribution is -2.67. The predicted octanol–water partition coefficient (Wildman–Crippen LogP) is 0.991. The minimum atomic E-state index is -4.54. The van der Waals surface area contributed by atoms with Crippen LogP contribution in [0.3, 0.4) is 0 Å². The summed E-state index contributed by atoms with van der Waals surface area (Å²) in [6, 6.07) is 2.94. The molecule has 4 rings (SSSR count). The minimum Gasteiger partial charge on any atom is -0.342 e. The number of carbonyl (C=O) groups excluding carboxylic acids is 4. The summed E-state index contributed by atoms with van der Waals surface area (Å²) < 4.78 is 38.5. The fourth-order valence-electron chi connectivity index (χ4n) is 4.95. The molecule has 154 valence electrons. The number of hydrogen-bond donors (Lipinski definition) is 0. The van der Waals surface area contributed by atoms with Gasteiger partial charge in [0.2, 0.25) is 17.7 Å². The van der Waals surface area contributed by atoms with Gasteiger partial charge < -0.3 is 9.80 Å². The van der Waals surface area contributed by atoms with Crippen LogP contribution in [-0.2, 0) is 20.6 Å². The van der Waals surface area contributed by atoms with Crippen molar-refractivity contribution in [1.29, 1.82) is 0 Å². The highest BCUT2D eigenvalue weighted by Crippen LogP contribution is 2.52. The molecule has 0 aliphatic carbocycles. The number of benzene rings is 1. The Bertz CT molecular complexity index is 945. The predicted molar refractivity (Wildman–Crippen MR) is 92.2 cm³/mol. The van der Waals surface area contributed by atoms with E-state index < -0.39 is 58.8 Å². The maximum absolute atomic E-state index is 13.2. The molecular formula is C19H18F3N3O4. The average molecular weight is 409 g/mol. The molecule has 3 aliphatic heterocycles. The van der Waals surface area contributed by atoms with Crippen LogP contribution in [0.4, 0.5) is 13.2 Å². The number of piperazine rings is 1. The smallest absolute Gasteiger partial charge is 0.342 e. The molecule has 10 heteroatoms. The van der Waals surface area contributed by atoms with E-state index in [0.717, 1.165) is 29.2 Å². The summed E-state index contributed by atoms with van der Waals surface area (Å²) in [4.78, 5) is 55.3. The Balaban J connectivity index is 1.78. The number of hydrogen-bond acceptors (Lipinski definition) is 4. The fourth-order valence-corrected chi connectivity index (χ4v) is 4.95. The molecule has 2 bridgehead atoms. The lowest BCUT2D eigenvalue weighted by molar-refractivity contribution is -0.153. The molecule has 0 unspecified atom stereocenters. The molecular weight excluding hydrogens is 391 g/mol. The first-order valence-electron chi connectivity index (χ1n) is 8.98. The van der Waals surface area contributed by atoms with Crippen molar-refractivity contribution in [3.8, 4) is 0 Å². The number of imide groups is 1. The molecule has 1 aromatic carbocycles. The number of fused-ring (bicyclic) bond motifs is 5. The first kappa shape index (κ1) is 19.4. The number of rotatable bonds is 1. The van der Waals surface area contributed by atoms with Crippen molar-refractivity contribution in [1.82, 2.24) is 14.7 Å². The molecule has 0 aromatic heterocycles. The van der Waals surface area contributed by atoms with Gasteiger partial charge in [0.1, 0.15) is 5.54 Å². The van der Waals surface area contributed by atoms with Crippen molar-refractivity contribution >= 4 is 23.6 Å². The maximum Gasteiger partial charge on any atom is 0.416 e. The van der Waals surface area contributed by atoms with Crippen LogP contribution in [-0.4, -0.2) is 70.5 Å². The third-order valence-electron chi connectivity index (χ3n) is 6.34. The lowest BCUT2D eigenvalue weighted by atomic mass is 9.81. The summed E-state index contributed by atoms with van der Waals surface area (Å²) in [6.45, 7) is 1.52. The van der Waals surface area contributed by atoms with Gasteiger partial charge in [-0.25, -0.2) is 0 Å². The van der Waals surface area contributed by atoms with Crippen LogP contribution in [0.15, 0.2) is 24.3 Å². The van der Waals surface area contributed by atoms with Crippen molar-refractivity contribution in [3.05, 3.63) is 35.4 Å². The second kappa shape index (κ2) is 5.80. The summed E-state index contributed by atoms with van der Waals surface area (Å²) in [7, 11) is 2.88. The standard InChI is InChI=1S/C19H18F3N3O4/c1-18-13-12(15(27)24(3)16(13)28)11(8-23(2)17(18)29)25(18)14(26)9-4-6-10(7-5-9)19(20,21)22/h4-7,11-13H,8H2,1-3H3/t11-,12+,13-,18-/m1/s1. The zero-order valence-corrected chi connectivity index (χ0v) is 15.9. The Morgan fingerprint density at radius 2 is 1.66 bits per heavy atom. The zero-order chi connectivity index (χ0) is 21.5. The fraction of sp³-hybridized carbons (Fsp3) is 0.474. The summed E-state index contributed by atoms with van der Waals surface area (Å²) in [5, 5.41) is 0. The van der Waals surface area contributed by atoms with Crippen LogP contribution in [0.1, 0.15) is 22.8 Å². The number of amides is 4. The van der Waals surface area contributed by atoms with Gasteiger partial charge in [0, 0.05) is 26.2 Å². The van der Waals surface area contributed by atoms with Crippen molar-refractivity contribution < 1.29 is 32.3 Å². The SMILES string of the molecule is CN1C[C@@H]2[C@@H]3C(=O)N(C)C(=O)[C@@H]3[C@](C)(C1=O)N2C(=O)c1ccc(C(F)(F)F)cc1. The normalized spacial score (nSPS) is 31.6. The first-order chi connectivity index (χ1) is 13.4. The van der Waals surface area contributed by atoms with E-state index in [1.165, 1.54) is 30.8 Å². The second-order valence-corrected chi connectivity index (χ2v) is 7.89. The van der Waals surface area contributed by atoms with Gasteiger partial charge in [-0.3, -0.25) is 24.1 Å². The molecule has 3 saturated heterocycles. The molecule has 4 amide bonds. The van der Waals surface area contributed by atoms with E-state index >= 15 is 0 Å². The molecule has 29 heavy (non-hydrogen) atoms. The largest absolute Gasteiger partial charge is 0.416 e. The van der Waals surface area contributed by atoms with E-state index in [9.17, 15) is 32.3 Å². The Morgan fingerprint density at radius 1 is 1.07 bits per heavy atom. The minimum absolute atomic E-state index is 0.0418. The van der Waals surface area contributed by atoms with Gasteiger partial charge >= 0.3 is 6.18 Å². The lowest BCUT2D eigenvalue weighted by Gasteiger charge is -2.46. The summed E-state index contributed by atoms with van der Waals surface area (Å²) >= 11 is 0. The van der Waals surface area contributed by atoms with Crippen molar-refractivity contribution in [2.75, 3.05) is 20.6 Å². The summed E-state index contributed by atoms with van der Waals surface area (Å²) in [6.07, 6.45) is -4.54. The molecule has 3 aliphatic rings. The Hall–Kier alpha value is -2.91. The molecule has 0 N–H and O–H groups in total. The first-order valence-corrected chi connectivity index (χ1v) is 8.98. The van der Waals surface area contributed by atoms with E-state index in [4.69, 9.17) is 0 Å². The Morgan fingerprint density at radius 3 is 2.21 bits per heavy atom. The van der Waals surface area contributed by atoms with Crippen LogP contribution in [0.2, 0.25) is 0 Å². The molecule has 3 fully saturated rings. The van der Waals surface area contributed by atoms with Gasteiger partial charge in [-0.05, 0) is 31.2 Å². The molecule has 0 spiro atoms. The number of alkyl halides is 3. The van der Waals surface area contributed by atoms with Gasteiger partial charge in [-0.2, -0.15) is 13.2 Å². The van der Waals surface area contributed by atoms with Crippen LogP contribution >= 0.6 is 0 Å². The molecule has 0 radical (unpaired) electrons. The summed E-state index contributed by atoms with van der Waals surface area (Å²) in [5.74, 6) is -4.00. The molecule has 7 nitrogen and oxygen atoms in total. The van der Waals surface area contributed by atoms with Crippen molar-refractivity contribution in [2.24, 2.45) is 11.8 Å². The van der Waals surface area contributed by atoms with Gasteiger partial charge in [0.05, 0.1) is 23.4 Å². The quantitative estimate of drug-likeness (QED) is 0.649. The number of carbonyl (C=O) groups is 4. The van der Waals surface area contributed by atoms with Crippen molar-refractivity contribution in [2.45, 2.75) is 24.7 Å². The highest BCUT2D eigenvalue weighted by molar-refractivity contribution is 6.12. The van der Waals surface area contributed by atoms with E-state index in [1.54, 1.807) is 0 Å². The highest BCUT2D eigenvalue weighted by Gasteiger charge is 2.73. The average Bonchev–Trinajstić information content (AvgIpc) is 3.02. The second-order valence-electron chi connectivity index (χ2n) is 7.89. The zero-order valence-electron chi connectivity index (χ0n) is 15.9. The molecule has 1 aromatic rings. The monoisotopic (exact) mass is 409 g/mol. The van der Waals surface area contributed by atoms with Crippen LogP contribution in [0.5, 0.6) is 0 Å². The summed E-state index contributed by atoms with van der Waals surface area (Å²) in [5.41, 5.74) is -2.53. The van der Waals surface area contributed by atoms with E-state index in [1.807, 2.05) is 0 Å².